The fourth-order valence-electron chi connectivity index (χ4n) is 2.90. The van der Waals surface area contributed by atoms with Gasteiger partial charge in [0.2, 0.25) is 0 Å². The molecule has 0 aromatic heterocycles. The normalized spacial score (nSPS) is 15.4. The second-order valence-electron chi connectivity index (χ2n) is 6.10. The second-order valence-corrected chi connectivity index (χ2v) is 6.10. The molecule has 27 heavy (non-hydrogen) atoms. The molecular weight excluding hydrogens is 460 g/mol. The van der Waals surface area contributed by atoms with Crippen molar-refractivity contribution in [3.63, 3.8) is 0 Å². The van der Waals surface area contributed by atoms with Crippen molar-refractivity contribution in [3.8, 4) is 11.5 Å². The van der Waals surface area contributed by atoms with Crippen LogP contribution in [0.4, 0.5) is 4.39 Å². The topological polar surface area (TPSA) is 54.9 Å². The second kappa shape index (κ2) is 10.3. The van der Waals surface area contributed by atoms with Gasteiger partial charge in [0.1, 0.15) is 11.9 Å². The Morgan fingerprint density at radius 1 is 1.26 bits per heavy atom. The first-order valence-electron chi connectivity index (χ1n) is 8.78. The van der Waals surface area contributed by atoms with Gasteiger partial charge in [0.15, 0.2) is 17.5 Å². The quantitative estimate of drug-likeness (QED) is 0.374. The molecule has 1 unspecified atom stereocenters. The number of ether oxygens (including phenoxy) is 2. The molecule has 2 aromatic carbocycles. The largest absolute Gasteiger partial charge is 0.494 e. The summed E-state index contributed by atoms with van der Waals surface area (Å²) < 4.78 is 24.7. The van der Waals surface area contributed by atoms with Crippen molar-refractivity contribution in [1.29, 1.82) is 0 Å². The molecule has 7 heteroatoms. The zero-order valence-corrected chi connectivity index (χ0v) is 17.8. The van der Waals surface area contributed by atoms with Crippen molar-refractivity contribution < 1.29 is 13.9 Å². The molecule has 0 radical (unpaired) electrons. The Kier molecular flexibility index (Phi) is 8.15. The van der Waals surface area contributed by atoms with Gasteiger partial charge in [0.25, 0.3) is 0 Å². The van der Waals surface area contributed by atoms with Crippen molar-refractivity contribution in [3.05, 3.63) is 59.4 Å². The van der Waals surface area contributed by atoms with Crippen LogP contribution in [-0.2, 0) is 13.0 Å². The summed E-state index contributed by atoms with van der Waals surface area (Å²) in [7, 11) is 1.45. The van der Waals surface area contributed by atoms with Gasteiger partial charge in [0.05, 0.1) is 20.2 Å². The molecule has 1 aliphatic heterocycles. The standard InChI is InChI=1S/C20H24FN3O2.HI/c1-3-22-20(23-12-14-8-9-19(25-2)17(21)10-14)24-13-16-11-15-6-4-5-7-18(15)26-16;/h4-10,16H,3,11-13H2,1-2H3,(H2,22,23,24);1H. The molecule has 1 heterocycles. The van der Waals surface area contributed by atoms with E-state index in [-0.39, 0.29) is 41.6 Å². The fourth-order valence-corrected chi connectivity index (χ4v) is 2.90. The van der Waals surface area contributed by atoms with E-state index in [1.54, 1.807) is 6.07 Å². The van der Waals surface area contributed by atoms with E-state index in [1.807, 2.05) is 31.2 Å². The van der Waals surface area contributed by atoms with Crippen LogP contribution < -0.4 is 20.1 Å². The van der Waals surface area contributed by atoms with E-state index in [2.05, 4.69) is 21.7 Å². The highest BCUT2D eigenvalue weighted by molar-refractivity contribution is 14.0. The molecule has 3 rings (SSSR count). The molecule has 0 bridgehead atoms. The lowest BCUT2D eigenvalue weighted by molar-refractivity contribution is 0.235. The van der Waals surface area contributed by atoms with Crippen molar-refractivity contribution >= 4 is 29.9 Å². The molecule has 0 saturated carbocycles. The molecule has 0 fully saturated rings. The molecule has 146 valence electrons. The Morgan fingerprint density at radius 3 is 2.78 bits per heavy atom. The van der Waals surface area contributed by atoms with Gasteiger partial charge in [-0.2, -0.15) is 0 Å². The van der Waals surface area contributed by atoms with Crippen LogP contribution in [0.1, 0.15) is 18.1 Å². The zero-order valence-electron chi connectivity index (χ0n) is 15.5. The number of rotatable bonds is 6. The van der Waals surface area contributed by atoms with E-state index in [9.17, 15) is 4.39 Å². The Hall–Kier alpha value is -2.03. The average Bonchev–Trinajstić information content (AvgIpc) is 3.07. The molecular formula is C20H25FIN3O2. The number of para-hydroxylation sites is 1. The summed E-state index contributed by atoms with van der Waals surface area (Å²) in [6.07, 6.45) is 0.960. The molecule has 1 atom stereocenters. The maximum Gasteiger partial charge on any atom is 0.191 e. The summed E-state index contributed by atoms with van der Waals surface area (Å²) in [5.41, 5.74) is 2.01. The number of guanidine groups is 1. The highest BCUT2D eigenvalue weighted by atomic mass is 127. The van der Waals surface area contributed by atoms with Crippen molar-refractivity contribution in [2.45, 2.75) is 26.0 Å². The van der Waals surface area contributed by atoms with E-state index >= 15 is 0 Å². The van der Waals surface area contributed by atoms with Crippen molar-refractivity contribution in [2.75, 3.05) is 20.2 Å². The number of aliphatic imine (C=N–C) groups is 1. The molecule has 0 saturated heterocycles. The summed E-state index contributed by atoms with van der Waals surface area (Å²) in [5.74, 6) is 1.49. The summed E-state index contributed by atoms with van der Waals surface area (Å²) >= 11 is 0. The van der Waals surface area contributed by atoms with Crippen LogP contribution in [0, 0.1) is 5.82 Å². The number of benzene rings is 2. The minimum absolute atomic E-state index is 0. The minimum Gasteiger partial charge on any atom is -0.494 e. The predicted molar refractivity (Wildman–Crippen MR) is 116 cm³/mol. The van der Waals surface area contributed by atoms with Crippen LogP contribution in [0.3, 0.4) is 0 Å². The Labute approximate surface area is 176 Å². The Balaban J connectivity index is 0.00000261. The first-order chi connectivity index (χ1) is 12.7. The summed E-state index contributed by atoms with van der Waals surface area (Å²) in [6, 6.07) is 13.0. The Morgan fingerprint density at radius 2 is 2.07 bits per heavy atom. The smallest absolute Gasteiger partial charge is 0.191 e. The summed E-state index contributed by atoms with van der Waals surface area (Å²) in [5, 5.41) is 6.50. The van der Waals surface area contributed by atoms with Gasteiger partial charge in [-0.3, -0.25) is 0 Å². The third kappa shape index (κ3) is 5.72. The average molecular weight is 485 g/mol. The number of fused-ring (bicyclic) bond motifs is 1. The SMILES string of the molecule is CCNC(=NCc1ccc(OC)c(F)c1)NCC1Cc2ccccc2O1.I. The molecule has 0 spiro atoms. The molecule has 0 amide bonds. The third-order valence-corrected chi connectivity index (χ3v) is 4.19. The highest BCUT2D eigenvalue weighted by Crippen LogP contribution is 2.27. The van der Waals surface area contributed by atoms with Gasteiger partial charge in [-0.1, -0.05) is 24.3 Å². The van der Waals surface area contributed by atoms with Crippen LogP contribution in [0.2, 0.25) is 0 Å². The lowest BCUT2D eigenvalue weighted by atomic mass is 10.1. The van der Waals surface area contributed by atoms with E-state index in [0.29, 0.717) is 19.0 Å². The number of halogens is 2. The van der Waals surface area contributed by atoms with Gasteiger partial charge in [-0.05, 0) is 36.2 Å². The summed E-state index contributed by atoms with van der Waals surface area (Å²) in [6.45, 7) is 3.78. The summed E-state index contributed by atoms with van der Waals surface area (Å²) in [4.78, 5) is 4.52. The van der Waals surface area contributed by atoms with E-state index < -0.39 is 0 Å². The monoisotopic (exact) mass is 485 g/mol. The van der Waals surface area contributed by atoms with E-state index in [4.69, 9.17) is 9.47 Å². The number of hydrogen-bond acceptors (Lipinski definition) is 3. The first kappa shape index (κ1) is 21.3. The van der Waals surface area contributed by atoms with Gasteiger partial charge < -0.3 is 20.1 Å². The number of hydrogen-bond donors (Lipinski definition) is 2. The minimum atomic E-state index is -0.379. The molecule has 2 aromatic rings. The van der Waals surface area contributed by atoms with E-state index in [0.717, 1.165) is 24.3 Å². The fraction of sp³-hybridized carbons (Fsp3) is 0.350. The van der Waals surface area contributed by atoms with Gasteiger partial charge >= 0.3 is 0 Å². The molecule has 2 N–H and O–H groups in total. The molecule has 0 aliphatic carbocycles. The lowest BCUT2D eigenvalue weighted by Crippen LogP contribution is -2.42. The van der Waals surface area contributed by atoms with Crippen LogP contribution >= 0.6 is 24.0 Å². The zero-order chi connectivity index (χ0) is 18.4. The van der Waals surface area contributed by atoms with Gasteiger partial charge in [-0.25, -0.2) is 9.38 Å². The van der Waals surface area contributed by atoms with Crippen molar-refractivity contribution in [1.82, 2.24) is 10.6 Å². The lowest BCUT2D eigenvalue weighted by Gasteiger charge is -2.15. The van der Waals surface area contributed by atoms with Crippen LogP contribution in [-0.4, -0.2) is 32.3 Å². The van der Waals surface area contributed by atoms with E-state index in [1.165, 1.54) is 18.7 Å². The predicted octanol–water partition coefficient (Wildman–Crippen LogP) is 3.51. The first-order valence-corrected chi connectivity index (χ1v) is 8.78. The Bertz CT molecular complexity index is 761. The maximum absolute atomic E-state index is 13.8. The third-order valence-electron chi connectivity index (χ3n) is 4.19. The van der Waals surface area contributed by atoms with Gasteiger partial charge in [-0.15, -0.1) is 24.0 Å². The van der Waals surface area contributed by atoms with Crippen LogP contribution in [0.25, 0.3) is 0 Å². The van der Waals surface area contributed by atoms with Gasteiger partial charge in [0, 0.05) is 13.0 Å². The van der Waals surface area contributed by atoms with Crippen molar-refractivity contribution in [2.24, 2.45) is 4.99 Å². The van der Waals surface area contributed by atoms with Crippen LogP contribution in [0.15, 0.2) is 47.5 Å². The molecule has 5 nitrogen and oxygen atoms in total. The number of nitrogens with one attached hydrogen (secondary N) is 2. The highest BCUT2D eigenvalue weighted by Gasteiger charge is 2.22. The molecule has 1 aliphatic rings. The van der Waals surface area contributed by atoms with Crippen LogP contribution in [0.5, 0.6) is 11.5 Å². The number of nitrogens with zero attached hydrogens (tertiary/aromatic N) is 1. The maximum atomic E-state index is 13.8. The number of methoxy groups -OCH3 is 1.